The lowest BCUT2D eigenvalue weighted by Crippen LogP contribution is -2.33. The maximum Gasteiger partial charge on any atom is 0.0897 e. The van der Waals surface area contributed by atoms with Gasteiger partial charge in [-0.2, -0.15) is 11.8 Å². The normalized spacial score (nSPS) is 27.0. The maximum atomic E-state index is 4.52. The number of nitrogens with one attached hydrogen (secondary N) is 1. The molecule has 1 aromatic heterocycles. The maximum absolute atomic E-state index is 4.52. The molecule has 0 aromatic carbocycles. The second kappa shape index (κ2) is 4.64. The van der Waals surface area contributed by atoms with Crippen molar-refractivity contribution in [1.29, 1.82) is 0 Å². The molecule has 1 aromatic rings. The van der Waals surface area contributed by atoms with Crippen molar-refractivity contribution < 1.29 is 0 Å². The highest BCUT2D eigenvalue weighted by atomic mass is 32.2. The number of hydrogen-bond acceptors (Lipinski definition) is 4. The first-order valence-electron chi connectivity index (χ1n) is 4.95. The van der Waals surface area contributed by atoms with E-state index in [1.165, 1.54) is 22.2 Å². The molecular weight excluding hydrogens is 212 g/mol. The number of aromatic nitrogens is 1. The Morgan fingerprint density at radius 3 is 3.07 bits per heavy atom. The van der Waals surface area contributed by atoms with E-state index in [0.29, 0.717) is 6.04 Å². The van der Waals surface area contributed by atoms with Crippen LogP contribution in [0.1, 0.15) is 10.7 Å². The van der Waals surface area contributed by atoms with Gasteiger partial charge in [0, 0.05) is 17.2 Å². The fraction of sp³-hybridized carbons (Fsp3) is 0.700. The molecular formula is C10H16N2S2. The van der Waals surface area contributed by atoms with Crippen LogP contribution in [0, 0.1) is 12.8 Å². The van der Waals surface area contributed by atoms with Crippen LogP contribution in [0.3, 0.4) is 0 Å². The minimum absolute atomic E-state index is 0.682. The van der Waals surface area contributed by atoms with Crippen molar-refractivity contribution in [2.24, 2.45) is 5.92 Å². The topological polar surface area (TPSA) is 24.9 Å². The second-order valence-corrected chi connectivity index (χ2v) is 5.89. The summed E-state index contributed by atoms with van der Waals surface area (Å²) in [5.74, 6) is 3.30. The Kier molecular flexibility index (Phi) is 3.47. The smallest absolute Gasteiger partial charge is 0.0897 e. The average molecular weight is 228 g/mol. The van der Waals surface area contributed by atoms with E-state index < -0.39 is 0 Å². The van der Waals surface area contributed by atoms with Gasteiger partial charge in [0.15, 0.2) is 0 Å². The lowest BCUT2D eigenvalue weighted by molar-refractivity contribution is 0.450. The molecule has 1 N–H and O–H groups in total. The van der Waals surface area contributed by atoms with E-state index in [4.69, 9.17) is 0 Å². The fourth-order valence-electron chi connectivity index (χ4n) is 1.89. The monoisotopic (exact) mass is 228 g/mol. The van der Waals surface area contributed by atoms with E-state index in [9.17, 15) is 0 Å². The summed E-state index contributed by atoms with van der Waals surface area (Å²) in [4.78, 5) is 4.52. The fourth-order valence-corrected chi connectivity index (χ4v) is 4.00. The van der Waals surface area contributed by atoms with Crippen molar-refractivity contribution in [2.75, 3.05) is 18.6 Å². The molecule has 2 rings (SSSR count). The predicted molar refractivity (Wildman–Crippen MR) is 64.2 cm³/mol. The molecule has 78 valence electrons. The van der Waals surface area contributed by atoms with Crippen molar-refractivity contribution in [2.45, 2.75) is 19.4 Å². The summed E-state index contributed by atoms with van der Waals surface area (Å²) >= 11 is 3.81. The standard InChI is InChI=1S/C10H16N2S2/c1-7-12-9(5-14-7)3-8-4-13-6-10(8)11-2/h5,8,10-11H,3-4,6H2,1-2H3. The highest BCUT2D eigenvalue weighted by Gasteiger charge is 2.26. The summed E-state index contributed by atoms with van der Waals surface area (Å²) in [5, 5.41) is 6.78. The molecule has 0 spiro atoms. The lowest BCUT2D eigenvalue weighted by atomic mass is 9.99. The summed E-state index contributed by atoms with van der Waals surface area (Å²) in [6, 6.07) is 0.682. The average Bonchev–Trinajstić information content (AvgIpc) is 2.76. The lowest BCUT2D eigenvalue weighted by Gasteiger charge is -2.16. The van der Waals surface area contributed by atoms with Gasteiger partial charge in [0.25, 0.3) is 0 Å². The minimum atomic E-state index is 0.682. The molecule has 1 aliphatic rings. The second-order valence-electron chi connectivity index (χ2n) is 3.75. The van der Waals surface area contributed by atoms with Gasteiger partial charge in [-0.05, 0) is 32.1 Å². The highest BCUT2D eigenvalue weighted by molar-refractivity contribution is 7.99. The summed E-state index contributed by atoms with van der Waals surface area (Å²) < 4.78 is 0. The SMILES string of the molecule is CNC1CSCC1Cc1csc(C)n1. The zero-order valence-corrected chi connectivity index (χ0v) is 10.3. The van der Waals surface area contributed by atoms with Gasteiger partial charge >= 0.3 is 0 Å². The number of thiazole rings is 1. The van der Waals surface area contributed by atoms with Crippen LogP contribution < -0.4 is 5.32 Å². The third kappa shape index (κ3) is 2.30. The van der Waals surface area contributed by atoms with Crippen molar-refractivity contribution in [3.05, 3.63) is 16.1 Å². The molecule has 1 saturated heterocycles. The van der Waals surface area contributed by atoms with Gasteiger partial charge in [-0.1, -0.05) is 0 Å². The van der Waals surface area contributed by atoms with Gasteiger partial charge < -0.3 is 5.32 Å². The summed E-state index contributed by atoms with van der Waals surface area (Å²) in [7, 11) is 2.07. The summed E-state index contributed by atoms with van der Waals surface area (Å²) in [6.07, 6.45) is 1.14. The molecule has 2 heterocycles. The zero-order valence-electron chi connectivity index (χ0n) is 8.62. The van der Waals surface area contributed by atoms with E-state index in [2.05, 4.69) is 41.4 Å². The Labute approximate surface area is 93.5 Å². The van der Waals surface area contributed by atoms with Crippen LogP contribution in [0.15, 0.2) is 5.38 Å². The number of thioether (sulfide) groups is 1. The summed E-state index contributed by atoms with van der Waals surface area (Å²) in [6.45, 7) is 2.08. The van der Waals surface area contributed by atoms with E-state index >= 15 is 0 Å². The molecule has 0 bridgehead atoms. The Balaban J connectivity index is 1.96. The third-order valence-electron chi connectivity index (χ3n) is 2.71. The Bertz CT molecular complexity index is 298. The van der Waals surface area contributed by atoms with E-state index in [1.54, 1.807) is 11.3 Å². The van der Waals surface area contributed by atoms with Crippen LogP contribution in [-0.4, -0.2) is 29.6 Å². The molecule has 0 radical (unpaired) electrons. The molecule has 4 heteroatoms. The van der Waals surface area contributed by atoms with Gasteiger partial charge in [0.05, 0.1) is 10.7 Å². The molecule has 1 fully saturated rings. The van der Waals surface area contributed by atoms with Gasteiger partial charge in [-0.15, -0.1) is 11.3 Å². The van der Waals surface area contributed by atoms with Crippen molar-refractivity contribution in [3.8, 4) is 0 Å². The molecule has 1 aliphatic heterocycles. The molecule has 14 heavy (non-hydrogen) atoms. The van der Waals surface area contributed by atoms with Crippen LogP contribution >= 0.6 is 23.1 Å². The Hall–Kier alpha value is -0.0600. The Morgan fingerprint density at radius 1 is 1.57 bits per heavy atom. The molecule has 2 nitrogen and oxygen atoms in total. The first-order valence-corrected chi connectivity index (χ1v) is 6.99. The van der Waals surface area contributed by atoms with Crippen LogP contribution in [0.5, 0.6) is 0 Å². The van der Waals surface area contributed by atoms with Crippen LogP contribution in [-0.2, 0) is 6.42 Å². The zero-order chi connectivity index (χ0) is 9.97. The van der Waals surface area contributed by atoms with E-state index in [1.807, 2.05) is 0 Å². The van der Waals surface area contributed by atoms with Gasteiger partial charge in [-0.25, -0.2) is 4.98 Å². The van der Waals surface area contributed by atoms with E-state index in [-0.39, 0.29) is 0 Å². The van der Waals surface area contributed by atoms with Crippen LogP contribution in [0.25, 0.3) is 0 Å². The van der Waals surface area contributed by atoms with E-state index in [0.717, 1.165) is 12.3 Å². The number of nitrogens with zero attached hydrogens (tertiary/aromatic N) is 1. The van der Waals surface area contributed by atoms with Crippen LogP contribution in [0.4, 0.5) is 0 Å². The van der Waals surface area contributed by atoms with Gasteiger partial charge in [0.2, 0.25) is 0 Å². The largest absolute Gasteiger partial charge is 0.316 e. The van der Waals surface area contributed by atoms with Crippen LogP contribution in [0.2, 0.25) is 0 Å². The molecule has 2 unspecified atom stereocenters. The molecule has 0 saturated carbocycles. The van der Waals surface area contributed by atoms with Crippen molar-refractivity contribution in [1.82, 2.24) is 10.3 Å². The van der Waals surface area contributed by atoms with Gasteiger partial charge in [0.1, 0.15) is 0 Å². The predicted octanol–water partition coefficient (Wildman–Crippen LogP) is 1.95. The molecule has 0 amide bonds. The number of hydrogen-bond donors (Lipinski definition) is 1. The number of rotatable bonds is 3. The Morgan fingerprint density at radius 2 is 2.43 bits per heavy atom. The minimum Gasteiger partial charge on any atom is -0.316 e. The molecule has 0 aliphatic carbocycles. The first-order chi connectivity index (χ1) is 6.79. The third-order valence-corrected chi connectivity index (χ3v) is 4.79. The number of aryl methyl sites for hydroxylation is 1. The first kappa shape index (κ1) is 10.5. The van der Waals surface area contributed by atoms with Crippen molar-refractivity contribution >= 4 is 23.1 Å². The van der Waals surface area contributed by atoms with Crippen molar-refractivity contribution in [3.63, 3.8) is 0 Å². The summed E-state index contributed by atoms with van der Waals surface area (Å²) in [5.41, 5.74) is 1.28. The molecule has 2 atom stereocenters. The quantitative estimate of drug-likeness (QED) is 0.856. The van der Waals surface area contributed by atoms with Gasteiger partial charge in [-0.3, -0.25) is 0 Å². The highest BCUT2D eigenvalue weighted by Crippen LogP contribution is 2.27.